The van der Waals surface area contributed by atoms with E-state index in [1.165, 1.54) is 12.1 Å². The molecule has 4 aromatic carbocycles. The Kier molecular flexibility index (Phi) is 9.06. The number of furan rings is 1. The van der Waals surface area contributed by atoms with Gasteiger partial charge in [-0.15, -0.1) is 0 Å². The fourth-order valence-corrected chi connectivity index (χ4v) is 4.70. The second-order valence-electron chi connectivity index (χ2n) is 9.94. The smallest absolute Gasteiger partial charge is 0.339 e. The SMILES string of the molecule is COc1ccc(-c2oc(NC(=O)COC(=O)c3ccccc3C(=O)c3ccc(C)cc3)c(C#N)c2-c2ccc(OC)cc2)cc1. The number of carbonyl (C=O) groups is 3. The number of benzene rings is 4. The Balaban J connectivity index is 1.39. The summed E-state index contributed by atoms with van der Waals surface area (Å²) in [5.41, 5.74) is 3.42. The van der Waals surface area contributed by atoms with E-state index >= 15 is 0 Å². The Morgan fingerprint density at radius 3 is 1.93 bits per heavy atom. The summed E-state index contributed by atoms with van der Waals surface area (Å²) in [4.78, 5) is 39.1. The third-order valence-electron chi connectivity index (χ3n) is 7.04. The third-order valence-corrected chi connectivity index (χ3v) is 7.04. The van der Waals surface area contributed by atoms with E-state index in [-0.39, 0.29) is 28.4 Å². The van der Waals surface area contributed by atoms with Crippen molar-refractivity contribution in [2.75, 3.05) is 26.1 Å². The van der Waals surface area contributed by atoms with Gasteiger partial charge in [0.25, 0.3) is 5.91 Å². The number of methoxy groups -OCH3 is 2. The fourth-order valence-electron chi connectivity index (χ4n) is 4.70. The second kappa shape index (κ2) is 13.4. The van der Waals surface area contributed by atoms with E-state index in [1.807, 2.05) is 19.1 Å². The molecule has 0 unspecified atom stereocenters. The number of hydrogen-bond acceptors (Lipinski definition) is 8. The number of ketones is 1. The molecule has 0 aliphatic carbocycles. The van der Waals surface area contributed by atoms with E-state index in [1.54, 1.807) is 87.0 Å². The maximum Gasteiger partial charge on any atom is 0.339 e. The summed E-state index contributed by atoms with van der Waals surface area (Å²) in [7, 11) is 3.11. The summed E-state index contributed by atoms with van der Waals surface area (Å²) in [5, 5.41) is 12.7. The average Bonchev–Trinajstić information content (AvgIpc) is 3.45. The predicted molar refractivity (Wildman–Crippen MR) is 167 cm³/mol. The zero-order valence-corrected chi connectivity index (χ0v) is 24.7. The lowest BCUT2D eigenvalue weighted by Gasteiger charge is -2.09. The van der Waals surface area contributed by atoms with E-state index in [2.05, 4.69) is 11.4 Å². The number of carbonyl (C=O) groups excluding carboxylic acids is 3. The van der Waals surface area contributed by atoms with Crippen LogP contribution in [-0.2, 0) is 9.53 Å². The van der Waals surface area contributed by atoms with Crippen molar-refractivity contribution >= 4 is 23.5 Å². The highest BCUT2D eigenvalue weighted by molar-refractivity contribution is 6.14. The molecule has 0 aliphatic rings. The zero-order valence-electron chi connectivity index (χ0n) is 24.7. The first-order valence-corrected chi connectivity index (χ1v) is 13.9. The molecule has 1 amide bonds. The summed E-state index contributed by atoms with van der Waals surface area (Å²) in [6.07, 6.45) is 0. The second-order valence-corrected chi connectivity index (χ2v) is 9.94. The minimum absolute atomic E-state index is 0.0233. The van der Waals surface area contributed by atoms with Crippen molar-refractivity contribution in [2.24, 2.45) is 0 Å². The highest BCUT2D eigenvalue weighted by atomic mass is 16.5. The van der Waals surface area contributed by atoms with Crippen molar-refractivity contribution in [1.82, 2.24) is 0 Å². The van der Waals surface area contributed by atoms with Crippen LogP contribution in [0.25, 0.3) is 22.5 Å². The van der Waals surface area contributed by atoms with Crippen LogP contribution in [0.1, 0.15) is 37.4 Å². The highest BCUT2D eigenvalue weighted by Crippen LogP contribution is 2.42. The number of anilines is 1. The summed E-state index contributed by atoms with van der Waals surface area (Å²) in [6, 6.07) is 29.5. The predicted octanol–water partition coefficient (Wildman–Crippen LogP) is 6.84. The number of hydrogen-bond donors (Lipinski definition) is 1. The molecule has 0 aliphatic heterocycles. The van der Waals surface area contributed by atoms with Gasteiger partial charge in [0, 0.05) is 22.3 Å². The van der Waals surface area contributed by atoms with Gasteiger partial charge < -0.3 is 18.6 Å². The molecule has 9 nitrogen and oxygen atoms in total. The van der Waals surface area contributed by atoms with Crippen molar-refractivity contribution < 1.29 is 33.0 Å². The topological polar surface area (TPSA) is 128 Å². The molecule has 0 radical (unpaired) electrons. The average molecular weight is 601 g/mol. The Hall–Kier alpha value is -6.14. The molecule has 0 bridgehead atoms. The molecule has 5 rings (SSSR count). The number of aryl methyl sites for hydroxylation is 1. The minimum Gasteiger partial charge on any atom is -0.497 e. The molecule has 1 heterocycles. The van der Waals surface area contributed by atoms with E-state index in [4.69, 9.17) is 18.6 Å². The lowest BCUT2D eigenvalue weighted by Crippen LogP contribution is -2.22. The van der Waals surface area contributed by atoms with Gasteiger partial charge in [0.1, 0.15) is 28.9 Å². The van der Waals surface area contributed by atoms with E-state index in [0.29, 0.717) is 39.5 Å². The van der Waals surface area contributed by atoms with Crippen LogP contribution in [0.4, 0.5) is 5.88 Å². The van der Waals surface area contributed by atoms with Gasteiger partial charge in [-0.2, -0.15) is 5.26 Å². The van der Waals surface area contributed by atoms with Gasteiger partial charge in [-0.1, -0.05) is 60.2 Å². The number of nitrogens with zero attached hydrogens (tertiary/aromatic N) is 1. The van der Waals surface area contributed by atoms with Crippen LogP contribution in [0.15, 0.2) is 101 Å². The number of ether oxygens (including phenoxy) is 3. The molecule has 0 atom stereocenters. The Morgan fingerprint density at radius 2 is 1.36 bits per heavy atom. The molecule has 0 fully saturated rings. The van der Waals surface area contributed by atoms with Gasteiger partial charge in [-0.25, -0.2) is 4.79 Å². The van der Waals surface area contributed by atoms with Gasteiger partial charge in [0.2, 0.25) is 5.88 Å². The van der Waals surface area contributed by atoms with E-state index < -0.39 is 18.5 Å². The molecular formula is C36H28N2O7. The number of rotatable bonds is 10. The zero-order chi connectivity index (χ0) is 31.9. The van der Waals surface area contributed by atoms with Crippen LogP contribution >= 0.6 is 0 Å². The van der Waals surface area contributed by atoms with Gasteiger partial charge >= 0.3 is 5.97 Å². The summed E-state index contributed by atoms with van der Waals surface area (Å²) >= 11 is 0. The summed E-state index contributed by atoms with van der Waals surface area (Å²) < 4.78 is 21.9. The van der Waals surface area contributed by atoms with Crippen LogP contribution in [0.5, 0.6) is 11.5 Å². The summed E-state index contributed by atoms with van der Waals surface area (Å²) in [5.74, 6) is -0.435. The Bertz CT molecular complexity index is 1900. The van der Waals surface area contributed by atoms with Crippen molar-refractivity contribution in [3.8, 4) is 40.0 Å². The van der Waals surface area contributed by atoms with Crippen LogP contribution in [0.3, 0.4) is 0 Å². The molecular weight excluding hydrogens is 572 g/mol. The van der Waals surface area contributed by atoms with Crippen molar-refractivity contribution in [1.29, 1.82) is 5.26 Å². The molecule has 9 heteroatoms. The molecule has 5 aromatic rings. The molecule has 0 spiro atoms. The highest BCUT2D eigenvalue weighted by Gasteiger charge is 2.25. The van der Waals surface area contributed by atoms with Gasteiger partial charge in [0.15, 0.2) is 12.4 Å². The monoisotopic (exact) mass is 600 g/mol. The fraction of sp³-hybridized carbons (Fsp3) is 0.111. The normalized spacial score (nSPS) is 10.4. The molecule has 1 aromatic heterocycles. The minimum atomic E-state index is -0.848. The van der Waals surface area contributed by atoms with Gasteiger partial charge in [-0.3, -0.25) is 14.9 Å². The number of nitrogens with one attached hydrogen (secondary N) is 1. The Morgan fingerprint density at radius 1 is 0.778 bits per heavy atom. The maximum absolute atomic E-state index is 13.1. The molecule has 1 N–H and O–H groups in total. The molecule has 0 saturated carbocycles. The van der Waals surface area contributed by atoms with Crippen LogP contribution in [-0.4, -0.2) is 38.5 Å². The first kappa shape index (κ1) is 30.3. The van der Waals surface area contributed by atoms with E-state index in [9.17, 15) is 19.6 Å². The van der Waals surface area contributed by atoms with E-state index in [0.717, 1.165) is 5.56 Å². The van der Waals surface area contributed by atoms with Gasteiger partial charge in [0.05, 0.1) is 19.8 Å². The van der Waals surface area contributed by atoms with Crippen LogP contribution in [0, 0.1) is 18.3 Å². The Labute approximate surface area is 259 Å². The van der Waals surface area contributed by atoms with Crippen LogP contribution < -0.4 is 14.8 Å². The lowest BCUT2D eigenvalue weighted by atomic mass is 9.98. The van der Waals surface area contributed by atoms with Crippen molar-refractivity contribution in [3.63, 3.8) is 0 Å². The first-order valence-electron chi connectivity index (χ1n) is 13.9. The quantitative estimate of drug-likeness (QED) is 0.136. The molecule has 0 saturated heterocycles. The standard InChI is InChI=1S/C36H28N2O7/c1-22-8-10-24(11-9-22)33(40)28-6-4-5-7-29(28)36(41)44-21-31(39)38-35-30(20-37)32(23-12-16-26(42-2)17-13-23)34(45-35)25-14-18-27(43-3)19-15-25/h4-19H,21H2,1-3H3,(H,38,39). The first-order chi connectivity index (χ1) is 21.8. The number of amides is 1. The molecule has 224 valence electrons. The molecule has 45 heavy (non-hydrogen) atoms. The van der Waals surface area contributed by atoms with Crippen molar-refractivity contribution in [3.05, 3.63) is 125 Å². The number of esters is 1. The van der Waals surface area contributed by atoms with Gasteiger partial charge in [-0.05, 0) is 55.0 Å². The summed E-state index contributed by atoms with van der Waals surface area (Å²) in [6.45, 7) is 1.22. The van der Waals surface area contributed by atoms with Crippen molar-refractivity contribution in [2.45, 2.75) is 6.92 Å². The largest absolute Gasteiger partial charge is 0.497 e. The van der Waals surface area contributed by atoms with Crippen LogP contribution in [0.2, 0.25) is 0 Å². The third kappa shape index (κ3) is 6.60. The number of nitriles is 1. The maximum atomic E-state index is 13.1. The lowest BCUT2D eigenvalue weighted by molar-refractivity contribution is -0.119.